The standard InChI is InChI=1S/C23H32ClN6O8P/c1-12(2)36-20(33)13(3)29-39(34,38-14-8-6-5-7-9-14)35-10-15-17(31)23(4,24)21(37-15)30-11-26-16-18(30)27-22(25)28-19(16)32/h5-9,11-13,15,17,19,21,31-32H,10H2,1-4H3,(H,29,34)(H3,25,27,28)/t13?,15-,17-,19?,21-,23-,39?/m1/s1. The lowest BCUT2D eigenvalue weighted by Crippen LogP contribution is -2.41. The lowest BCUT2D eigenvalue weighted by molar-refractivity contribution is -0.149. The van der Waals surface area contributed by atoms with E-state index in [1.165, 1.54) is 17.8 Å². The van der Waals surface area contributed by atoms with Crippen LogP contribution in [0, 0.1) is 0 Å². The molecule has 2 aliphatic heterocycles. The van der Waals surface area contributed by atoms with Gasteiger partial charge in [-0.05, 0) is 39.8 Å². The van der Waals surface area contributed by atoms with Crippen molar-refractivity contribution in [3.8, 4) is 5.75 Å². The highest BCUT2D eigenvalue weighted by atomic mass is 35.5. The van der Waals surface area contributed by atoms with Gasteiger partial charge in [0.1, 0.15) is 40.4 Å². The summed E-state index contributed by atoms with van der Waals surface area (Å²) in [5.41, 5.74) is 5.94. The normalized spacial score (nSPS) is 28.7. The molecule has 39 heavy (non-hydrogen) atoms. The number of aromatic nitrogens is 2. The fraction of sp³-hybridized carbons (Fsp3) is 0.522. The second-order valence-electron chi connectivity index (χ2n) is 9.56. The maximum atomic E-state index is 13.8. The zero-order chi connectivity index (χ0) is 28.5. The minimum atomic E-state index is -4.21. The molecule has 3 unspecified atom stereocenters. The molecule has 1 aromatic heterocycles. The number of benzene rings is 1. The number of rotatable bonds is 10. The van der Waals surface area contributed by atoms with Gasteiger partial charge in [0.25, 0.3) is 0 Å². The van der Waals surface area contributed by atoms with E-state index < -0.39 is 55.9 Å². The Balaban J connectivity index is 1.52. The van der Waals surface area contributed by atoms with E-state index in [1.807, 2.05) is 0 Å². The van der Waals surface area contributed by atoms with Crippen LogP contribution >= 0.6 is 19.3 Å². The second kappa shape index (κ2) is 11.4. The third-order valence-corrected chi connectivity index (χ3v) is 8.03. The van der Waals surface area contributed by atoms with Crippen molar-refractivity contribution in [2.45, 2.75) is 69.4 Å². The summed E-state index contributed by atoms with van der Waals surface area (Å²) in [5, 5.41) is 26.6. The number of hydrogen-bond acceptors (Lipinski definition) is 12. The van der Waals surface area contributed by atoms with E-state index in [0.29, 0.717) is 0 Å². The summed E-state index contributed by atoms with van der Waals surface area (Å²) in [4.78, 5) is 18.9. The fourth-order valence-corrected chi connectivity index (χ4v) is 5.87. The van der Waals surface area contributed by atoms with Crippen molar-refractivity contribution in [2.24, 2.45) is 10.7 Å². The Labute approximate surface area is 230 Å². The number of nitrogens with one attached hydrogen (secondary N) is 2. The van der Waals surface area contributed by atoms with E-state index in [0.717, 1.165) is 0 Å². The molecule has 7 atom stereocenters. The van der Waals surface area contributed by atoms with Gasteiger partial charge < -0.3 is 35.3 Å². The van der Waals surface area contributed by atoms with Gasteiger partial charge in [-0.15, -0.1) is 11.6 Å². The number of imidazole rings is 1. The number of halogens is 1. The molecular formula is C23H32ClN6O8P. The molecule has 1 aromatic carbocycles. The van der Waals surface area contributed by atoms with Gasteiger partial charge in [0.05, 0.1) is 19.0 Å². The summed E-state index contributed by atoms with van der Waals surface area (Å²) in [6.45, 7) is 5.96. The van der Waals surface area contributed by atoms with E-state index in [9.17, 15) is 19.6 Å². The summed E-state index contributed by atoms with van der Waals surface area (Å²) in [6.07, 6.45) is -3.71. The Morgan fingerprint density at radius 1 is 1.33 bits per heavy atom. The number of alkyl halides is 1. The minimum absolute atomic E-state index is 0.0401. The van der Waals surface area contributed by atoms with E-state index in [-0.39, 0.29) is 29.3 Å². The molecule has 214 valence electrons. The van der Waals surface area contributed by atoms with Gasteiger partial charge in [-0.25, -0.2) is 14.5 Å². The molecule has 0 radical (unpaired) electrons. The third kappa shape index (κ3) is 6.38. The highest BCUT2D eigenvalue weighted by Crippen LogP contribution is 2.49. The predicted molar refractivity (Wildman–Crippen MR) is 141 cm³/mol. The number of aliphatic hydroxyl groups excluding tert-OH is 2. The summed E-state index contributed by atoms with van der Waals surface area (Å²) >= 11 is 6.73. The number of nitrogens with zero attached hydrogens (tertiary/aromatic N) is 3. The molecule has 0 bridgehead atoms. The van der Waals surface area contributed by atoms with Crippen LogP contribution in [-0.2, 0) is 23.4 Å². The van der Waals surface area contributed by atoms with Gasteiger partial charge in [0.2, 0.25) is 0 Å². The van der Waals surface area contributed by atoms with Crippen molar-refractivity contribution in [3.05, 3.63) is 42.4 Å². The monoisotopic (exact) mass is 586 g/mol. The second-order valence-corrected chi connectivity index (χ2v) is 12.1. The number of aliphatic hydroxyl groups is 2. The number of carbonyl (C=O) groups is 1. The molecular weight excluding hydrogens is 555 g/mol. The maximum absolute atomic E-state index is 13.8. The van der Waals surface area contributed by atoms with Gasteiger partial charge in [-0.2, -0.15) is 5.09 Å². The van der Waals surface area contributed by atoms with E-state index in [1.54, 1.807) is 51.1 Å². The van der Waals surface area contributed by atoms with Gasteiger partial charge in [0, 0.05) is 0 Å². The molecule has 0 aliphatic carbocycles. The number of para-hydroxylation sites is 1. The van der Waals surface area contributed by atoms with Crippen molar-refractivity contribution >= 4 is 37.1 Å². The molecule has 0 spiro atoms. The molecule has 0 saturated carbocycles. The smallest absolute Gasteiger partial charge is 0.459 e. The van der Waals surface area contributed by atoms with E-state index >= 15 is 0 Å². The molecule has 3 heterocycles. The highest BCUT2D eigenvalue weighted by molar-refractivity contribution is 7.52. The van der Waals surface area contributed by atoms with Crippen LogP contribution in [0.25, 0.3) is 0 Å². The van der Waals surface area contributed by atoms with Crippen molar-refractivity contribution in [1.29, 1.82) is 0 Å². The van der Waals surface area contributed by atoms with E-state index in [2.05, 4.69) is 20.4 Å². The third-order valence-electron chi connectivity index (χ3n) is 5.98. The first kappa shape index (κ1) is 29.3. The van der Waals surface area contributed by atoms with E-state index in [4.69, 9.17) is 35.9 Å². The maximum Gasteiger partial charge on any atom is 0.459 e. The first-order valence-corrected chi connectivity index (χ1v) is 14.1. The summed E-state index contributed by atoms with van der Waals surface area (Å²) in [7, 11) is -4.21. The van der Waals surface area contributed by atoms with Crippen LogP contribution in [0.3, 0.4) is 0 Å². The average molecular weight is 587 g/mol. The van der Waals surface area contributed by atoms with Crippen molar-refractivity contribution in [1.82, 2.24) is 14.6 Å². The van der Waals surface area contributed by atoms with Crippen LogP contribution in [0.5, 0.6) is 5.75 Å². The van der Waals surface area contributed by atoms with Crippen molar-refractivity contribution in [3.63, 3.8) is 0 Å². The summed E-state index contributed by atoms with van der Waals surface area (Å²) in [5.74, 6) is -0.183. The van der Waals surface area contributed by atoms with Crippen molar-refractivity contribution < 1.29 is 38.1 Å². The number of ether oxygens (including phenoxy) is 2. The minimum Gasteiger partial charge on any atom is -0.462 e. The SMILES string of the molecule is CC(C)OC(=O)C(C)NP(=O)(OC[C@H]1O[C@@H](n2cnc3c2NC(N)=NC3O)[C@](C)(Cl)[C@@H]1O)Oc1ccccc1. The van der Waals surface area contributed by atoms with Crippen LogP contribution in [-0.4, -0.2) is 67.5 Å². The Morgan fingerprint density at radius 3 is 2.69 bits per heavy atom. The van der Waals surface area contributed by atoms with Crippen LogP contribution < -0.4 is 20.7 Å². The number of nitrogens with two attached hydrogens (primary N) is 1. The van der Waals surface area contributed by atoms with Gasteiger partial charge in [0.15, 0.2) is 18.4 Å². The molecule has 14 nitrogen and oxygen atoms in total. The first-order valence-electron chi connectivity index (χ1n) is 12.2. The number of guanidine groups is 1. The molecule has 1 fully saturated rings. The highest BCUT2D eigenvalue weighted by Gasteiger charge is 2.54. The zero-order valence-corrected chi connectivity index (χ0v) is 23.4. The Kier molecular flexibility index (Phi) is 8.57. The summed E-state index contributed by atoms with van der Waals surface area (Å²) in [6, 6.07) is 7.20. The Bertz CT molecular complexity index is 1260. The quantitative estimate of drug-likeness (QED) is 0.155. The van der Waals surface area contributed by atoms with Gasteiger partial charge in [-0.3, -0.25) is 13.9 Å². The predicted octanol–water partition coefficient (Wildman–Crippen LogP) is 2.00. The van der Waals surface area contributed by atoms with Gasteiger partial charge in [-0.1, -0.05) is 18.2 Å². The lowest BCUT2D eigenvalue weighted by atomic mass is 10.0. The van der Waals surface area contributed by atoms with Gasteiger partial charge >= 0.3 is 13.7 Å². The van der Waals surface area contributed by atoms with Crippen molar-refractivity contribution in [2.75, 3.05) is 11.9 Å². The number of fused-ring (bicyclic) bond motifs is 1. The molecule has 16 heteroatoms. The number of anilines is 1. The fourth-order valence-electron chi connectivity index (χ4n) is 4.07. The number of esters is 1. The molecule has 4 rings (SSSR count). The molecule has 2 aliphatic rings. The molecule has 1 saturated heterocycles. The van der Waals surface area contributed by atoms with Crippen LogP contribution in [0.1, 0.15) is 45.8 Å². The zero-order valence-electron chi connectivity index (χ0n) is 21.7. The van der Waals surface area contributed by atoms with Crippen LogP contribution in [0.15, 0.2) is 41.7 Å². The van der Waals surface area contributed by atoms with Crippen LogP contribution in [0.4, 0.5) is 5.82 Å². The Hall–Kier alpha value is -2.71. The largest absolute Gasteiger partial charge is 0.462 e. The first-order chi connectivity index (χ1) is 18.3. The number of aliphatic imine (C=N–C) groups is 1. The molecule has 0 amide bonds. The number of hydrogen-bond donors (Lipinski definition) is 5. The summed E-state index contributed by atoms with van der Waals surface area (Å²) < 4.78 is 37.8. The topological polar surface area (TPSA) is 192 Å². The molecule has 6 N–H and O–H groups in total. The Morgan fingerprint density at radius 2 is 2.03 bits per heavy atom. The lowest BCUT2D eigenvalue weighted by Gasteiger charge is -2.28. The average Bonchev–Trinajstić information content (AvgIpc) is 3.36. The number of carbonyl (C=O) groups excluding carboxylic acids is 1. The van der Waals surface area contributed by atoms with Crippen LogP contribution in [0.2, 0.25) is 0 Å². The molecule has 2 aromatic rings.